The van der Waals surface area contributed by atoms with Gasteiger partial charge < -0.3 is 14.5 Å². The molecular weight excluding hydrogens is 364 g/mol. The van der Waals surface area contributed by atoms with Crippen molar-refractivity contribution in [1.82, 2.24) is 9.88 Å². The molecule has 1 N–H and O–H groups in total. The summed E-state index contributed by atoms with van der Waals surface area (Å²) in [4.78, 5) is 19.0. The van der Waals surface area contributed by atoms with Crippen LogP contribution in [0.4, 0.5) is 0 Å². The number of ether oxygens (including phenoxy) is 2. The minimum absolute atomic E-state index is 0.135. The molecule has 4 heterocycles. The highest BCUT2D eigenvalue weighted by atomic mass is 16.5. The smallest absolute Gasteiger partial charge is 0.340 e. The number of rotatable bonds is 4. The predicted molar refractivity (Wildman–Crippen MR) is 113 cm³/mol. The molecule has 0 amide bonds. The van der Waals surface area contributed by atoms with Crippen LogP contribution in [0, 0.1) is 5.92 Å². The van der Waals surface area contributed by atoms with Gasteiger partial charge in [0.15, 0.2) is 5.72 Å². The zero-order valence-electron chi connectivity index (χ0n) is 17.7. The van der Waals surface area contributed by atoms with Gasteiger partial charge in [-0.05, 0) is 57.6 Å². The molecule has 2 aromatic rings. The van der Waals surface area contributed by atoms with E-state index in [1.807, 2.05) is 6.92 Å². The first kappa shape index (κ1) is 19.0. The number of carbonyl (C=O) groups excluding carboxylic acids is 1. The summed E-state index contributed by atoms with van der Waals surface area (Å²) in [6, 6.07) is 4.20. The molecule has 1 aromatic heterocycles. The quantitative estimate of drug-likeness (QED) is 0.753. The van der Waals surface area contributed by atoms with Crippen molar-refractivity contribution in [3.8, 4) is 5.75 Å². The van der Waals surface area contributed by atoms with Crippen molar-refractivity contribution in [2.24, 2.45) is 5.92 Å². The molecule has 0 radical (unpaired) electrons. The van der Waals surface area contributed by atoms with Crippen LogP contribution in [0.1, 0.15) is 74.0 Å². The topological polar surface area (TPSA) is 54.6 Å². The first-order chi connectivity index (χ1) is 14.2. The summed E-state index contributed by atoms with van der Waals surface area (Å²) >= 11 is 0. The van der Waals surface area contributed by atoms with E-state index in [2.05, 4.69) is 28.9 Å². The Kier molecular flexibility index (Phi) is 4.81. The predicted octanol–water partition coefficient (Wildman–Crippen LogP) is 4.82. The Labute approximate surface area is 172 Å². The van der Waals surface area contributed by atoms with E-state index >= 15 is 0 Å². The highest BCUT2D eigenvalue weighted by molar-refractivity contribution is 6.07. The zero-order valence-corrected chi connectivity index (χ0v) is 17.7. The van der Waals surface area contributed by atoms with E-state index in [1.165, 1.54) is 31.2 Å². The Balaban J connectivity index is 1.65. The van der Waals surface area contributed by atoms with Gasteiger partial charge in [0.25, 0.3) is 0 Å². The molecule has 3 aliphatic heterocycles. The van der Waals surface area contributed by atoms with Gasteiger partial charge in [-0.15, -0.1) is 0 Å². The lowest BCUT2D eigenvalue weighted by Gasteiger charge is -2.56. The molecule has 2 atom stereocenters. The van der Waals surface area contributed by atoms with Crippen LogP contribution in [-0.4, -0.2) is 41.3 Å². The van der Waals surface area contributed by atoms with Crippen molar-refractivity contribution in [2.75, 3.05) is 19.7 Å². The monoisotopic (exact) mass is 396 g/mol. The van der Waals surface area contributed by atoms with E-state index in [-0.39, 0.29) is 11.7 Å². The van der Waals surface area contributed by atoms with Crippen LogP contribution < -0.4 is 4.74 Å². The molecule has 3 aliphatic rings. The summed E-state index contributed by atoms with van der Waals surface area (Å²) in [7, 11) is 0. The van der Waals surface area contributed by atoms with E-state index in [0.717, 1.165) is 66.7 Å². The molecule has 2 unspecified atom stereocenters. The van der Waals surface area contributed by atoms with Crippen molar-refractivity contribution in [3.05, 3.63) is 29.0 Å². The number of aryl methyl sites for hydroxylation is 1. The number of aromatic nitrogens is 1. The third-order valence-electron chi connectivity index (χ3n) is 7.19. The van der Waals surface area contributed by atoms with E-state index in [1.54, 1.807) is 0 Å². The van der Waals surface area contributed by atoms with Crippen molar-refractivity contribution >= 4 is 16.9 Å². The van der Waals surface area contributed by atoms with Crippen molar-refractivity contribution < 1.29 is 14.3 Å². The van der Waals surface area contributed by atoms with Gasteiger partial charge in [-0.1, -0.05) is 13.3 Å². The van der Waals surface area contributed by atoms with Gasteiger partial charge >= 0.3 is 5.97 Å². The van der Waals surface area contributed by atoms with E-state index in [0.29, 0.717) is 12.5 Å². The lowest BCUT2D eigenvalue weighted by atomic mass is 9.74. The van der Waals surface area contributed by atoms with Gasteiger partial charge in [-0.2, -0.15) is 0 Å². The van der Waals surface area contributed by atoms with Crippen LogP contribution in [0.5, 0.6) is 5.75 Å². The summed E-state index contributed by atoms with van der Waals surface area (Å²) in [5.74, 6) is 1.25. The van der Waals surface area contributed by atoms with Gasteiger partial charge in [-0.25, -0.2) is 4.79 Å². The van der Waals surface area contributed by atoms with Crippen LogP contribution >= 0.6 is 0 Å². The third-order valence-corrected chi connectivity index (χ3v) is 7.19. The Morgan fingerprint density at radius 1 is 1.28 bits per heavy atom. The molecule has 5 rings (SSSR count). The summed E-state index contributed by atoms with van der Waals surface area (Å²) < 4.78 is 12.3. The van der Waals surface area contributed by atoms with Gasteiger partial charge in [0.05, 0.1) is 12.2 Å². The first-order valence-electron chi connectivity index (χ1n) is 11.5. The molecule has 0 bridgehead atoms. The number of hydrogen-bond acceptors (Lipinski definition) is 4. The number of fused-ring (bicyclic) bond motifs is 3. The standard InChI is InChI=1S/C24H32N2O3/c1-3-8-18-22(23(27)28-4-2)21-17-15-16-9-7-14-26-13-6-5-12-24(16,26)29-20(17)11-10-19(21)25-18/h10-11,16,25H,3-9,12-15H2,1-2H3. The molecule has 0 saturated carbocycles. The molecule has 0 aliphatic carbocycles. The molecular formula is C24H32N2O3. The molecule has 5 nitrogen and oxygen atoms in total. The largest absolute Gasteiger partial charge is 0.472 e. The fraction of sp³-hybridized carbons (Fsp3) is 0.625. The Hall–Kier alpha value is -2.01. The Bertz CT molecular complexity index is 932. The molecule has 2 fully saturated rings. The van der Waals surface area contributed by atoms with Crippen LogP contribution in [0.25, 0.3) is 10.9 Å². The summed E-state index contributed by atoms with van der Waals surface area (Å²) in [6.07, 6.45) is 8.89. The van der Waals surface area contributed by atoms with Gasteiger partial charge in [0.2, 0.25) is 0 Å². The Morgan fingerprint density at radius 2 is 2.14 bits per heavy atom. The SMILES string of the molecule is CCCc1[nH]c2ccc3c(c2c1C(=O)OCC)CC1CCCN2CCCCC12O3. The number of aromatic amines is 1. The van der Waals surface area contributed by atoms with E-state index in [9.17, 15) is 4.79 Å². The molecule has 1 spiro atoms. The molecule has 2 saturated heterocycles. The maximum atomic E-state index is 12.9. The molecule has 5 heteroatoms. The second-order valence-electron chi connectivity index (χ2n) is 8.85. The van der Waals surface area contributed by atoms with Crippen molar-refractivity contribution in [2.45, 2.75) is 70.9 Å². The van der Waals surface area contributed by atoms with Crippen LogP contribution in [0.15, 0.2) is 12.1 Å². The second-order valence-corrected chi connectivity index (χ2v) is 8.85. The maximum absolute atomic E-state index is 12.9. The fourth-order valence-corrected chi connectivity index (χ4v) is 6.00. The van der Waals surface area contributed by atoms with Gasteiger partial charge in [-0.3, -0.25) is 4.90 Å². The minimum Gasteiger partial charge on any atom is -0.472 e. The van der Waals surface area contributed by atoms with Crippen LogP contribution in [-0.2, 0) is 17.6 Å². The normalized spacial score (nSPS) is 26.3. The van der Waals surface area contributed by atoms with E-state index in [4.69, 9.17) is 9.47 Å². The summed E-state index contributed by atoms with van der Waals surface area (Å²) in [5, 5.41) is 1.03. The number of H-pyrrole nitrogens is 1. The third kappa shape index (κ3) is 2.89. The average Bonchev–Trinajstić information content (AvgIpc) is 3.10. The number of piperidine rings is 2. The lowest BCUT2D eigenvalue weighted by molar-refractivity contribution is -0.177. The number of hydrogen-bond donors (Lipinski definition) is 1. The first-order valence-corrected chi connectivity index (χ1v) is 11.5. The van der Waals surface area contributed by atoms with E-state index < -0.39 is 0 Å². The van der Waals surface area contributed by atoms with Gasteiger partial charge in [0.1, 0.15) is 5.75 Å². The van der Waals surface area contributed by atoms with Crippen molar-refractivity contribution in [3.63, 3.8) is 0 Å². The maximum Gasteiger partial charge on any atom is 0.340 e. The highest BCUT2D eigenvalue weighted by Crippen LogP contribution is 2.50. The van der Waals surface area contributed by atoms with Crippen LogP contribution in [0.3, 0.4) is 0 Å². The number of esters is 1. The summed E-state index contributed by atoms with van der Waals surface area (Å²) in [5.41, 5.74) is 3.83. The zero-order chi connectivity index (χ0) is 20.0. The number of nitrogens with one attached hydrogen (secondary N) is 1. The highest BCUT2D eigenvalue weighted by Gasteiger charge is 2.52. The molecule has 29 heavy (non-hydrogen) atoms. The number of nitrogens with zero attached hydrogens (tertiary/aromatic N) is 1. The number of benzene rings is 1. The fourth-order valence-electron chi connectivity index (χ4n) is 6.00. The van der Waals surface area contributed by atoms with Crippen LogP contribution in [0.2, 0.25) is 0 Å². The van der Waals surface area contributed by atoms with Crippen molar-refractivity contribution in [1.29, 1.82) is 0 Å². The lowest BCUT2D eigenvalue weighted by Crippen LogP contribution is -2.64. The Morgan fingerprint density at radius 3 is 2.97 bits per heavy atom. The average molecular weight is 397 g/mol. The van der Waals surface area contributed by atoms with Gasteiger partial charge in [0, 0.05) is 47.6 Å². The summed E-state index contributed by atoms with van der Waals surface area (Å²) in [6.45, 7) is 6.69. The second kappa shape index (κ2) is 7.35. The molecule has 1 aromatic carbocycles. The minimum atomic E-state index is -0.209. The molecule has 156 valence electrons. The number of carbonyl (C=O) groups is 1.